The van der Waals surface area contributed by atoms with Crippen LogP contribution in [-0.4, -0.2) is 17.2 Å². The molecule has 0 fully saturated rings. The molecule has 22 heavy (non-hydrogen) atoms. The Bertz CT molecular complexity index is 683. The molecule has 1 N–H and O–H groups in total. The van der Waals surface area contributed by atoms with Gasteiger partial charge in [0.05, 0.1) is 6.42 Å². The lowest BCUT2D eigenvalue weighted by atomic mass is 10.2. The molecule has 1 aliphatic heterocycles. The fraction of sp³-hybridized carbons (Fsp3) is 0.167. The number of allylic oxidation sites excluding steroid dienone is 1. The molecular weight excluding hydrogens is 276 g/mol. The number of rotatable bonds is 4. The van der Waals surface area contributed by atoms with Gasteiger partial charge in [-0.3, -0.25) is 4.79 Å². The number of aliphatic carboxylic acids is 1. The molecule has 1 unspecified atom stereocenters. The Morgan fingerprint density at radius 1 is 1.00 bits per heavy atom. The molecule has 112 valence electrons. The molecule has 3 rings (SSSR count). The second kappa shape index (κ2) is 5.93. The van der Waals surface area contributed by atoms with Crippen LogP contribution in [0.15, 0.2) is 72.6 Å². The van der Waals surface area contributed by atoms with E-state index in [1.165, 1.54) is 0 Å². The van der Waals surface area contributed by atoms with Crippen molar-refractivity contribution in [3.63, 3.8) is 0 Å². The fourth-order valence-electron chi connectivity index (χ4n) is 2.87. The summed E-state index contributed by atoms with van der Waals surface area (Å²) in [6.07, 6.45) is 1.79. The molecule has 4 heteroatoms. The summed E-state index contributed by atoms with van der Waals surface area (Å²) in [5.74, 6) is -0.810. The molecule has 4 nitrogen and oxygen atoms in total. The highest BCUT2D eigenvalue weighted by molar-refractivity contribution is 5.73. The molecule has 1 heterocycles. The van der Waals surface area contributed by atoms with Gasteiger partial charge in [-0.15, -0.1) is 0 Å². The van der Waals surface area contributed by atoms with Crippen molar-refractivity contribution in [2.75, 3.05) is 9.80 Å². The molecule has 1 atom stereocenters. The van der Waals surface area contributed by atoms with Crippen molar-refractivity contribution < 1.29 is 9.90 Å². The lowest BCUT2D eigenvalue weighted by molar-refractivity contribution is -0.137. The molecule has 2 aromatic carbocycles. The van der Waals surface area contributed by atoms with Gasteiger partial charge in [0.1, 0.15) is 6.17 Å². The van der Waals surface area contributed by atoms with Gasteiger partial charge in [0.25, 0.3) is 0 Å². The van der Waals surface area contributed by atoms with Crippen molar-refractivity contribution in [2.24, 2.45) is 0 Å². The third-order valence-corrected chi connectivity index (χ3v) is 3.77. The zero-order valence-electron chi connectivity index (χ0n) is 12.4. The van der Waals surface area contributed by atoms with E-state index in [4.69, 9.17) is 0 Å². The molecule has 0 bridgehead atoms. The highest BCUT2D eigenvalue weighted by Crippen LogP contribution is 2.34. The Kier molecular flexibility index (Phi) is 3.83. The number of carboxylic acids is 1. The van der Waals surface area contributed by atoms with Crippen LogP contribution in [0.2, 0.25) is 0 Å². The van der Waals surface area contributed by atoms with Crippen LogP contribution in [-0.2, 0) is 4.79 Å². The second-order valence-corrected chi connectivity index (χ2v) is 5.30. The van der Waals surface area contributed by atoms with E-state index < -0.39 is 5.97 Å². The summed E-state index contributed by atoms with van der Waals surface area (Å²) in [6, 6.07) is 19.7. The van der Waals surface area contributed by atoms with Crippen LogP contribution < -0.4 is 9.80 Å². The number of hydrogen-bond acceptors (Lipinski definition) is 3. The average molecular weight is 294 g/mol. The minimum absolute atomic E-state index is 0.0393. The molecule has 1 aliphatic rings. The first-order valence-corrected chi connectivity index (χ1v) is 7.24. The van der Waals surface area contributed by atoms with Gasteiger partial charge in [0.2, 0.25) is 0 Å². The van der Waals surface area contributed by atoms with Crippen molar-refractivity contribution in [3.05, 3.63) is 72.6 Å². The summed E-state index contributed by atoms with van der Waals surface area (Å²) in [6.45, 7) is 2.00. The smallest absolute Gasteiger partial charge is 0.307 e. The molecular formula is C18H18N2O2. The Morgan fingerprint density at radius 3 is 2.09 bits per heavy atom. The second-order valence-electron chi connectivity index (χ2n) is 5.30. The van der Waals surface area contributed by atoms with E-state index in [9.17, 15) is 9.90 Å². The minimum atomic E-state index is -0.810. The van der Waals surface area contributed by atoms with Crippen LogP contribution >= 0.6 is 0 Å². The maximum absolute atomic E-state index is 11.3. The molecule has 2 aromatic rings. The zero-order valence-corrected chi connectivity index (χ0v) is 12.4. The van der Waals surface area contributed by atoms with Gasteiger partial charge in [-0.2, -0.15) is 0 Å². The molecule has 0 radical (unpaired) electrons. The molecule has 0 spiro atoms. The first-order chi connectivity index (χ1) is 10.7. The van der Waals surface area contributed by atoms with E-state index in [1.54, 1.807) is 0 Å². The normalized spacial score (nSPS) is 17.5. The summed E-state index contributed by atoms with van der Waals surface area (Å²) in [4.78, 5) is 15.4. The molecule has 0 saturated heterocycles. The van der Waals surface area contributed by atoms with E-state index in [-0.39, 0.29) is 12.6 Å². The van der Waals surface area contributed by atoms with Gasteiger partial charge >= 0.3 is 5.97 Å². The van der Waals surface area contributed by atoms with Gasteiger partial charge in [0.15, 0.2) is 0 Å². The zero-order chi connectivity index (χ0) is 15.5. The van der Waals surface area contributed by atoms with Crippen LogP contribution in [0.5, 0.6) is 0 Å². The average Bonchev–Trinajstić information content (AvgIpc) is 2.85. The highest BCUT2D eigenvalue weighted by atomic mass is 16.4. The molecule has 0 saturated carbocycles. The lowest BCUT2D eigenvalue weighted by Gasteiger charge is -2.33. The maximum Gasteiger partial charge on any atom is 0.307 e. The molecule has 0 amide bonds. The maximum atomic E-state index is 11.3. The van der Waals surface area contributed by atoms with Crippen LogP contribution in [0.3, 0.4) is 0 Å². The SMILES string of the molecule is CC1=CN(c2ccccc2)C(CC(=O)O)N1c1ccccc1. The van der Waals surface area contributed by atoms with Crippen molar-refractivity contribution in [1.82, 2.24) is 0 Å². The van der Waals surface area contributed by atoms with E-state index in [1.807, 2.05) is 78.7 Å². The Labute approximate surface area is 129 Å². The van der Waals surface area contributed by atoms with Gasteiger partial charge in [-0.05, 0) is 31.2 Å². The third kappa shape index (κ3) is 2.68. The monoisotopic (exact) mass is 294 g/mol. The largest absolute Gasteiger partial charge is 0.481 e. The predicted octanol–water partition coefficient (Wildman–Crippen LogP) is 3.68. The van der Waals surface area contributed by atoms with Crippen LogP contribution in [0.25, 0.3) is 0 Å². The van der Waals surface area contributed by atoms with E-state index >= 15 is 0 Å². The van der Waals surface area contributed by atoms with Crippen LogP contribution in [0, 0.1) is 0 Å². The summed E-state index contributed by atoms with van der Waals surface area (Å²) in [5, 5.41) is 9.31. The van der Waals surface area contributed by atoms with Crippen molar-refractivity contribution in [3.8, 4) is 0 Å². The first kappa shape index (κ1) is 14.2. The van der Waals surface area contributed by atoms with Crippen LogP contribution in [0.1, 0.15) is 13.3 Å². The fourth-order valence-corrected chi connectivity index (χ4v) is 2.87. The van der Waals surface area contributed by atoms with Gasteiger partial charge in [0, 0.05) is 23.3 Å². The Balaban J connectivity index is 2.00. The quantitative estimate of drug-likeness (QED) is 0.934. The number of hydrogen-bond donors (Lipinski definition) is 1. The topological polar surface area (TPSA) is 43.8 Å². The number of anilines is 2. The van der Waals surface area contributed by atoms with Crippen molar-refractivity contribution in [2.45, 2.75) is 19.5 Å². The Morgan fingerprint density at radius 2 is 1.55 bits per heavy atom. The summed E-state index contributed by atoms with van der Waals surface area (Å²) >= 11 is 0. The number of carboxylic acid groups (broad SMARTS) is 1. The van der Waals surface area contributed by atoms with E-state index in [0.29, 0.717) is 0 Å². The summed E-state index contributed by atoms with van der Waals surface area (Å²) in [5.41, 5.74) is 3.02. The first-order valence-electron chi connectivity index (χ1n) is 7.24. The number of carbonyl (C=O) groups is 1. The predicted molar refractivity (Wildman–Crippen MR) is 87.6 cm³/mol. The van der Waals surface area contributed by atoms with Crippen molar-refractivity contribution in [1.29, 1.82) is 0 Å². The van der Waals surface area contributed by atoms with Gasteiger partial charge < -0.3 is 14.9 Å². The standard InChI is InChI=1S/C18H18N2O2/c1-14-13-19(15-8-4-2-5-9-15)17(12-18(21)22)20(14)16-10-6-3-7-11-16/h2-11,13,17H,12H2,1H3,(H,21,22). The molecule has 0 aromatic heterocycles. The Hall–Kier alpha value is -2.75. The third-order valence-electron chi connectivity index (χ3n) is 3.77. The highest BCUT2D eigenvalue weighted by Gasteiger charge is 2.33. The number of para-hydroxylation sites is 2. The van der Waals surface area contributed by atoms with Gasteiger partial charge in [-0.25, -0.2) is 0 Å². The van der Waals surface area contributed by atoms with Gasteiger partial charge in [-0.1, -0.05) is 36.4 Å². The summed E-state index contributed by atoms with van der Waals surface area (Å²) < 4.78 is 0. The minimum Gasteiger partial charge on any atom is -0.481 e. The number of nitrogens with zero attached hydrogens (tertiary/aromatic N) is 2. The van der Waals surface area contributed by atoms with Crippen LogP contribution in [0.4, 0.5) is 11.4 Å². The van der Waals surface area contributed by atoms with E-state index in [0.717, 1.165) is 17.1 Å². The molecule has 0 aliphatic carbocycles. The number of benzene rings is 2. The van der Waals surface area contributed by atoms with Crippen molar-refractivity contribution >= 4 is 17.3 Å². The summed E-state index contributed by atoms with van der Waals surface area (Å²) in [7, 11) is 0. The lowest BCUT2D eigenvalue weighted by Crippen LogP contribution is -2.41. The van der Waals surface area contributed by atoms with E-state index in [2.05, 4.69) is 4.90 Å².